The van der Waals surface area contributed by atoms with E-state index in [1.165, 1.54) is 25.8 Å². The topological polar surface area (TPSA) is 32.7 Å². The number of piperidine rings is 1. The van der Waals surface area contributed by atoms with Gasteiger partial charge in [0.05, 0.1) is 6.61 Å². The molecule has 1 aliphatic rings. The van der Waals surface area contributed by atoms with Crippen LogP contribution in [0.4, 0.5) is 0 Å². The van der Waals surface area contributed by atoms with E-state index in [1.54, 1.807) is 7.11 Å². The smallest absolute Gasteiger partial charge is 0.0589 e. The lowest BCUT2D eigenvalue weighted by molar-refractivity contribution is 0.0819. The minimum Gasteiger partial charge on any atom is -0.396 e. The van der Waals surface area contributed by atoms with Crippen molar-refractivity contribution < 1.29 is 9.84 Å². The van der Waals surface area contributed by atoms with Crippen LogP contribution >= 0.6 is 0 Å². The lowest BCUT2D eigenvalue weighted by atomic mass is 10.00. The van der Waals surface area contributed by atoms with Crippen LogP contribution in [0.3, 0.4) is 0 Å². The number of likely N-dealkylation sites (tertiary alicyclic amines) is 1. The molecule has 0 aromatic heterocycles. The van der Waals surface area contributed by atoms with Gasteiger partial charge in [0, 0.05) is 26.3 Å². The first-order valence-electron chi connectivity index (χ1n) is 5.22. The number of methoxy groups -OCH3 is 1. The zero-order valence-corrected chi connectivity index (χ0v) is 8.54. The molecule has 1 N–H and O–H groups in total. The van der Waals surface area contributed by atoms with E-state index in [9.17, 15) is 0 Å². The average Bonchev–Trinajstić information content (AvgIpc) is 2.17. The molecule has 1 unspecified atom stereocenters. The van der Waals surface area contributed by atoms with Crippen LogP contribution in [-0.2, 0) is 4.74 Å². The number of hydrogen-bond donors (Lipinski definition) is 1. The fourth-order valence-electron chi connectivity index (χ4n) is 2.04. The van der Waals surface area contributed by atoms with Crippen LogP contribution in [-0.4, -0.2) is 49.5 Å². The number of ether oxygens (including phenoxy) is 1. The Hall–Kier alpha value is -0.120. The van der Waals surface area contributed by atoms with Gasteiger partial charge >= 0.3 is 0 Å². The first kappa shape index (κ1) is 11.0. The van der Waals surface area contributed by atoms with Gasteiger partial charge in [0.15, 0.2) is 0 Å². The van der Waals surface area contributed by atoms with Gasteiger partial charge in [-0.15, -0.1) is 0 Å². The third kappa shape index (κ3) is 3.63. The zero-order valence-electron chi connectivity index (χ0n) is 8.54. The standard InChI is InChI=1S/C10H21NO2/c1-13-9-7-11-6-3-2-4-10(11)5-8-12/h10,12H,2-9H2,1H3. The van der Waals surface area contributed by atoms with E-state index in [2.05, 4.69) is 4.90 Å². The molecule has 3 heteroatoms. The van der Waals surface area contributed by atoms with Crippen LogP contribution in [0.2, 0.25) is 0 Å². The Morgan fingerprint density at radius 1 is 1.46 bits per heavy atom. The predicted octanol–water partition coefficient (Wildman–Crippen LogP) is 0.870. The van der Waals surface area contributed by atoms with E-state index >= 15 is 0 Å². The van der Waals surface area contributed by atoms with Crippen molar-refractivity contribution in [2.45, 2.75) is 31.7 Å². The molecular weight excluding hydrogens is 166 g/mol. The molecule has 0 aromatic carbocycles. The van der Waals surface area contributed by atoms with E-state index in [0.717, 1.165) is 19.6 Å². The van der Waals surface area contributed by atoms with Gasteiger partial charge in [-0.3, -0.25) is 4.90 Å². The summed E-state index contributed by atoms with van der Waals surface area (Å²) in [6.45, 7) is 3.31. The molecule has 0 amide bonds. The lowest BCUT2D eigenvalue weighted by Gasteiger charge is -2.35. The van der Waals surface area contributed by atoms with Crippen LogP contribution in [0.15, 0.2) is 0 Å². The van der Waals surface area contributed by atoms with Crippen molar-refractivity contribution in [1.29, 1.82) is 0 Å². The first-order valence-corrected chi connectivity index (χ1v) is 5.22. The summed E-state index contributed by atoms with van der Waals surface area (Å²) in [6, 6.07) is 0.592. The van der Waals surface area contributed by atoms with Crippen molar-refractivity contribution >= 4 is 0 Å². The molecule has 1 aliphatic heterocycles. The molecule has 1 saturated heterocycles. The Bertz CT molecular complexity index is 128. The second-order valence-electron chi connectivity index (χ2n) is 3.69. The highest BCUT2D eigenvalue weighted by Crippen LogP contribution is 2.18. The molecule has 1 atom stereocenters. The Morgan fingerprint density at radius 2 is 2.31 bits per heavy atom. The zero-order chi connectivity index (χ0) is 9.52. The maximum absolute atomic E-state index is 8.90. The summed E-state index contributed by atoms with van der Waals surface area (Å²) in [6.07, 6.45) is 4.77. The SMILES string of the molecule is COCCN1CCCCC1CCO. The summed E-state index contributed by atoms with van der Waals surface area (Å²) >= 11 is 0. The highest BCUT2D eigenvalue weighted by Gasteiger charge is 2.20. The summed E-state index contributed by atoms with van der Waals surface area (Å²) in [5, 5.41) is 8.90. The largest absolute Gasteiger partial charge is 0.396 e. The van der Waals surface area contributed by atoms with Crippen molar-refractivity contribution in [2.24, 2.45) is 0 Å². The Kier molecular flexibility index (Phi) is 5.35. The van der Waals surface area contributed by atoms with E-state index in [-0.39, 0.29) is 0 Å². The summed E-state index contributed by atoms with van der Waals surface area (Å²) in [4.78, 5) is 2.45. The fourth-order valence-corrected chi connectivity index (χ4v) is 2.04. The van der Waals surface area contributed by atoms with Gasteiger partial charge in [0.1, 0.15) is 0 Å². The van der Waals surface area contributed by atoms with E-state index in [1.807, 2.05) is 0 Å². The highest BCUT2D eigenvalue weighted by atomic mass is 16.5. The summed E-state index contributed by atoms with van der Waals surface area (Å²) in [5.74, 6) is 0. The number of aliphatic hydroxyl groups excluding tert-OH is 1. The van der Waals surface area contributed by atoms with Gasteiger partial charge in [-0.05, 0) is 25.8 Å². The Balaban J connectivity index is 2.28. The van der Waals surface area contributed by atoms with Crippen molar-refractivity contribution in [3.05, 3.63) is 0 Å². The normalized spacial score (nSPS) is 24.9. The number of hydrogen-bond acceptors (Lipinski definition) is 3. The van der Waals surface area contributed by atoms with Gasteiger partial charge in [0.25, 0.3) is 0 Å². The molecule has 0 aromatic rings. The Morgan fingerprint density at radius 3 is 3.00 bits per heavy atom. The van der Waals surface area contributed by atoms with Crippen LogP contribution in [0, 0.1) is 0 Å². The molecule has 0 bridgehead atoms. The molecule has 78 valence electrons. The van der Waals surface area contributed by atoms with E-state index in [4.69, 9.17) is 9.84 Å². The number of aliphatic hydroxyl groups is 1. The summed E-state index contributed by atoms with van der Waals surface area (Å²) < 4.78 is 5.07. The summed E-state index contributed by atoms with van der Waals surface area (Å²) in [5.41, 5.74) is 0. The highest BCUT2D eigenvalue weighted by molar-refractivity contribution is 4.76. The van der Waals surface area contributed by atoms with Crippen molar-refractivity contribution in [2.75, 3.05) is 33.4 Å². The summed E-state index contributed by atoms with van der Waals surface area (Å²) in [7, 11) is 1.74. The second-order valence-corrected chi connectivity index (χ2v) is 3.69. The average molecular weight is 187 g/mol. The monoisotopic (exact) mass is 187 g/mol. The molecule has 0 spiro atoms. The third-order valence-electron chi connectivity index (χ3n) is 2.79. The van der Waals surface area contributed by atoms with Crippen molar-refractivity contribution in [3.63, 3.8) is 0 Å². The van der Waals surface area contributed by atoms with Crippen molar-refractivity contribution in [1.82, 2.24) is 4.90 Å². The molecule has 0 saturated carbocycles. The lowest BCUT2D eigenvalue weighted by Crippen LogP contribution is -2.41. The van der Waals surface area contributed by atoms with Gasteiger partial charge in [-0.1, -0.05) is 6.42 Å². The van der Waals surface area contributed by atoms with Crippen molar-refractivity contribution in [3.8, 4) is 0 Å². The van der Waals surface area contributed by atoms with Crippen LogP contribution in [0.25, 0.3) is 0 Å². The van der Waals surface area contributed by atoms with Crippen LogP contribution in [0.5, 0.6) is 0 Å². The maximum atomic E-state index is 8.90. The molecule has 0 aliphatic carbocycles. The minimum absolute atomic E-state index is 0.314. The molecule has 0 radical (unpaired) electrons. The quantitative estimate of drug-likeness (QED) is 0.693. The minimum atomic E-state index is 0.314. The molecular formula is C10H21NO2. The van der Waals surface area contributed by atoms with Crippen LogP contribution in [0.1, 0.15) is 25.7 Å². The Labute approximate surface area is 80.7 Å². The number of rotatable bonds is 5. The fraction of sp³-hybridized carbons (Fsp3) is 1.00. The van der Waals surface area contributed by atoms with Gasteiger partial charge < -0.3 is 9.84 Å². The van der Waals surface area contributed by atoms with E-state index in [0.29, 0.717) is 12.6 Å². The van der Waals surface area contributed by atoms with E-state index < -0.39 is 0 Å². The van der Waals surface area contributed by atoms with Gasteiger partial charge in [0.2, 0.25) is 0 Å². The third-order valence-corrected chi connectivity index (χ3v) is 2.79. The first-order chi connectivity index (χ1) is 6.38. The van der Waals surface area contributed by atoms with Gasteiger partial charge in [-0.2, -0.15) is 0 Å². The molecule has 1 rings (SSSR count). The van der Waals surface area contributed by atoms with Crippen LogP contribution < -0.4 is 0 Å². The molecule has 13 heavy (non-hydrogen) atoms. The number of nitrogens with zero attached hydrogens (tertiary/aromatic N) is 1. The second kappa shape index (κ2) is 6.35. The van der Waals surface area contributed by atoms with Gasteiger partial charge in [-0.25, -0.2) is 0 Å². The molecule has 1 heterocycles. The predicted molar refractivity (Wildman–Crippen MR) is 52.8 cm³/mol. The molecule has 1 fully saturated rings. The maximum Gasteiger partial charge on any atom is 0.0589 e. The molecule has 3 nitrogen and oxygen atoms in total.